The van der Waals surface area contributed by atoms with E-state index in [9.17, 15) is 18.0 Å². The second kappa shape index (κ2) is 8.46. The Labute approximate surface area is 189 Å². The van der Waals surface area contributed by atoms with E-state index >= 15 is 0 Å². The summed E-state index contributed by atoms with van der Waals surface area (Å²) in [6.07, 6.45) is 3.24. The van der Waals surface area contributed by atoms with Crippen LogP contribution in [0.1, 0.15) is 25.2 Å². The van der Waals surface area contributed by atoms with Gasteiger partial charge in [-0.05, 0) is 30.7 Å². The maximum absolute atomic E-state index is 14.5. The van der Waals surface area contributed by atoms with Crippen LogP contribution in [0, 0.1) is 17.5 Å². The van der Waals surface area contributed by atoms with Crippen molar-refractivity contribution in [3.63, 3.8) is 0 Å². The molecular formula is C22H17F3N8O. The third kappa shape index (κ3) is 3.78. The van der Waals surface area contributed by atoms with Gasteiger partial charge in [-0.2, -0.15) is 0 Å². The van der Waals surface area contributed by atoms with Gasteiger partial charge in [0.25, 0.3) is 5.56 Å². The second-order valence-electron chi connectivity index (χ2n) is 7.44. The predicted octanol–water partition coefficient (Wildman–Crippen LogP) is 3.92. The molecule has 3 heterocycles. The molecule has 0 aliphatic heterocycles. The minimum Gasteiger partial charge on any atom is -0.358 e. The number of nitrogens with zero attached hydrogens (tertiary/aromatic N) is 5. The van der Waals surface area contributed by atoms with Crippen LogP contribution in [0.3, 0.4) is 0 Å². The Morgan fingerprint density at radius 2 is 1.88 bits per heavy atom. The molecule has 3 aromatic heterocycles. The number of aromatic amines is 1. The molecule has 0 aliphatic rings. The first-order valence-electron chi connectivity index (χ1n) is 10.3. The minimum atomic E-state index is -0.843. The molecule has 0 aliphatic carbocycles. The van der Waals surface area contributed by atoms with Gasteiger partial charge in [-0.3, -0.25) is 10.2 Å². The SMILES string of the molecule is CCC(Nc1ncnc2[nH]cnc12)c1nc2cccc(F)c2c(=O)n1Nc1cc(F)cc(F)c1. The van der Waals surface area contributed by atoms with E-state index in [0.29, 0.717) is 29.5 Å². The number of hydrogen-bond acceptors (Lipinski definition) is 7. The smallest absolute Gasteiger partial charge is 0.283 e. The van der Waals surface area contributed by atoms with Crippen molar-refractivity contribution >= 4 is 33.6 Å². The molecule has 5 rings (SSSR count). The fraction of sp³-hybridized carbons (Fsp3) is 0.136. The lowest BCUT2D eigenvalue weighted by Gasteiger charge is -2.22. The second-order valence-corrected chi connectivity index (χ2v) is 7.44. The normalized spacial score (nSPS) is 12.2. The molecule has 3 N–H and O–H groups in total. The molecule has 34 heavy (non-hydrogen) atoms. The Balaban J connectivity index is 1.68. The van der Waals surface area contributed by atoms with Crippen LogP contribution in [0.25, 0.3) is 22.1 Å². The average Bonchev–Trinajstić information content (AvgIpc) is 3.28. The summed E-state index contributed by atoms with van der Waals surface area (Å²) in [5.74, 6) is -1.92. The van der Waals surface area contributed by atoms with E-state index in [1.54, 1.807) is 0 Å². The largest absolute Gasteiger partial charge is 0.358 e. The van der Waals surface area contributed by atoms with Crippen molar-refractivity contribution in [2.45, 2.75) is 19.4 Å². The van der Waals surface area contributed by atoms with Crippen LogP contribution in [0.15, 0.2) is 53.8 Å². The molecule has 0 saturated carbocycles. The van der Waals surface area contributed by atoms with Crippen molar-refractivity contribution in [1.29, 1.82) is 0 Å². The first kappa shape index (κ1) is 21.4. The number of halogens is 3. The van der Waals surface area contributed by atoms with E-state index in [0.717, 1.165) is 22.9 Å². The maximum atomic E-state index is 14.5. The predicted molar refractivity (Wildman–Crippen MR) is 120 cm³/mol. The van der Waals surface area contributed by atoms with Gasteiger partial charge in [0.2, 0.25) is 0 Å². The molecule has 0 spiro atoms. The Bertz CT molecular complexity index is 1560. The fourth-order valence-electron chi connectivity index (χ4n) is 3.68. The van der Waals surface area contributed by atoms with Crippen LogP contribution in [-0.4, -0.2) is 29.6 Å². The van der Waals surface area contributed by atoms with Crippen molar-refractivity contribution in [2.75, 3.05) is 10.7 Å². The van der Waals surface area contributed by atoms with Crippen molar-refractivity contribution in [3.8, 4) is 0 Å². The molecule has 9 nitrogen and oxygen atoms in total. The minimum absolute atomic E-state index is 0.0510. The number of nitrogens with one attached hydrogen (secondary N) is 3. The van der Waals surface area contributed by atoms with Gasteiger partial charge in [0.05, 0.1) is 23.6 Å². The lowest BCUT2D eigenvalue weighted by atomic mass is 10.1. The highest BCUT2D eigenvalue weighted by molar-refractivity contribution is 5.82. The number of rotatable bonds is 6. The van der Waals surface area contributed by atoms with Crippen LogP contribution >= 0.6 is 0 Å². The first-order valence-corrected chi connectivity index (χ1v) is 10.3. The zero-order valence-electron chi connectivity index (χ0n) is 17.7. The first-order chi connectivity index (χ1) is 16.4. The summed E-state index contributed by atoms with van der Waals surface area (Å²) < 4.78 is 43.1. The maximum Gasteiger partial charge on any atom is 0.283 e. The summed E-state index contributed by atoms with van der Waals surface area (Å²) in [6, 6.07) is 6.20. The van der Waals surface area contributed by atoms with E-state index in [1.165, 1.54) is 24.8 Å². The zero-order valence-corrected chi connectivity index (χ0v) is 17.7. The van der Waals surface area contributed by atoms with Gasteiger partial charge in [0, 0.05) is 6.07 Å². The standard InChI is InChI=1S/C22H17F3N8O/c1-2-15(30-20-18-19(27-9-26-18)28-10-29-20)21-31-16-5-3-4-14(25)17(16)22(34)33(21)32-13-7-11(23)6-12(24)8-13/h3-10,15,32H,2H2,1H3,(H2,26,27,28,29,30). The summed E-state index contributed by atoms with van der Waals surface area (Å²) in [4.78, 5) is 33.3. The number of fused-ring (bicyclic) bond motifs is 2. The van der Waals surface area contributed by atoms with E-state index < -0.39 is 29.1 Å². The van der Waals surface area contributed by atoms with Crippen LogP contribution in [-0.2, 0) is 0 Å². The molecule has 0 saturated heterocycles. The summed E-state index contributed by atoms with van der Waals surface area (Å²) in [5.41, 5.74) is 2.97. The van der Waals surface area contributed by atoms with E-state index in [1.807, 2.05) is 6.92 Å². The average molecular weight is 466 g/mol. The third-order valence-electron chi connectivity index (χ3n) is 5.22. The van der Waals surface area contributed by atoms with Gasteiger partial charge in [-0.15, -0.1) is 0 Å². The molecule has 0 radical (unpaired) electrons. The van der Waals surface area contributed by atoms with Crippen LogP contribution in [0.2, 0.25) is 0 Å². The van der Waals surface area contributed by atoms with Crippen molar-refractivity contribution < 1.29 is 13.2 Å². The third-order valence-corrected chi connectivity index (χ3v) is 5.22. The molecule has 2 aromatic carbocycles. The summed E-state index contributed by atoms with van der Waals surface area (Å²) in [6.45, 7) is 1.84. The van der Waals surface area contributed by atoms with Crippen LogP contribution in [0.5, 0.6) is 0 Å². The van der Waals surface area contributed by atoms with Gasteiger partial charge in [0.15, 0.2) is 17.3 Å². The highest BCUT2D eigenvalue weighted by atomic mass is 19.1. The monoisotopic (exact) mass is 466 g/mol. The van der Waals surface area contributed by atoms with Gasteiger partial charge in [0.1, 0.15) is 34.7 Å². The highest BCUT2D eigenvalue weighted by Gasteiger charge is 2.22. The van der Waals surface area contributed by atoms with Crippen molar-refractivity contribution in [3.05, 3.63) is 82.7 Å². The molecule has 1 atom stereocenters. The molecule has 172 valence electrons. The molecular weight excluding hydrogens is 449 g/mol. The van der Waals surface area contributed by atoms with E-state index in [-0.39, 0.29) is 22.4 Å². The summed E-state index contributed by atoms with van der Waals surface area (Å²) >= 11 is 0. The molecule has 1 unspecified atom stereocenters. The van der Waals surface area contributed by atoms with Gasteiger partial charge in [-0.1, -0.05) is 13.0 Å². The number of imidazole rings is 1. The molecule has 0 bridgehead atoms. The summed E-state index contributed by atoms with van der Waals surface area (Å²) in [7, 11) is 0. The van der Waals surface area contributed by atoms with Crippen molar-refractivity contribution in [1.82, 2.24) is 29.6 Å². The number of anilines is 2. The molecule has 12 heteroatoms. The highest BCUT2D eigenvalue weighted by Crippen LogP contribution is 2.25. The Morgan fingerprint density at radius 3 is 2.65 bits per heavy atom. The van der Waals surface area contributed by atoms with Gasteiger partial charge in [-0.25, -0.2) is 37.8 Å². The summed E-state index contributed by atoms with van der Waals surface area (Å²) in [5, 5.41) is 2.93. The molecule has 0 fully saturated rings. The Kier molecular flexibility index (Phi) is 5.32. The number of benzene rings is 2. The number of aromatic nitrogens is 6. The Hall–Kier alpha value is -4.48. The van der Waals surface area contributed by atoms with Crippen LogP contribution < -0.4 is 16.3 Å². The van der Waals surface area contributed by atoms with Crippen LogP contribution in [0.4, 0.5) is 24.7 Å². The van der Waals surface area contributed by atoms with E-state index in [2.05, 4.69) is 35.7 Å². The lowest BCUT2D eigenvalue weighted by Crippen LogP contribution is -2.34. The number of H-pyrrole nitrogens is 1. The van der Waals surface area contributed by atoms with Gasteiger partial charge >= 0.3 is 0 Å². The van der Waals surface area contributed by atoms with E-state index in [4.69, 9.17) is 0 Å². The quantitative estimate of drug-likeness (QED) is 0.348. The topological polar surface area (TPSA) is 113 Å². The van der Waals surface area contributed by atoms with Gasteiger partial charge < -0.3 is 10.3 Å². The Morgan fingerprint density at radius 1 is 1.09 bits per heavy atom. The molecule has 5 aromatic rings. The fourth-order valence-corrected chi connectivity index (χ4v) is 3.68. The molecule has 0 amide bonds. The van der Waals surface area contributed by atoms with Crippen molar-refractivity contribution in [2.24, 2.45) is 0 Å². The zero-order chi connectivity index (χ0) is 23.8. The number of hydrogen-bond donors (Lipinski definition) is 3. The lowest BCUT2D eigenvalue weighted by molar-refractivity contribution is 0.582.